The zero-order chi connectivity index (χ0) is 8.97. The molecule has 0 saturated heterocycles. The van der Waals surface area contributed by atoms with Gasteiger partial charge in [0.2, 0.25) is 0 Å². The molecule has 0 fully saturated rings. The van der Waals surface area contributed by atoms with Gasteiger partial charge in [-0.15, -0.1) is 0 Å². The smallest absolute Gasteiger partial charge is 0.123 e. The molecule has 2 heteroatoms. The quantitative estimate of drug-likeness (QED) is 0.648. The summed E-state index contributed by atoms with van der Waals surface area (Å²) in [4.78, 5) is 0. The molecule has 0 spiro atoms. The molecule has 0 heterocycles. The van der Waals surface area contributed by atoms with Gasteiger partial charge in [-0.3, -0.25) is 0 Å². The van der Waals surface area contributed by atoms with Gasteiger partial charge < -0.3 is 5.41 Å². The summed E-state index contributed by atoms with van der Waals surface area (Å²) in [6.07, 6.45) is 3.39. The van der Waals surface area contributed by atoms with Crippen molar-refractivity contribution in [2.24, 2.45) is 0 Å². The lowest BCUT2D eigenvalue weighted by Gasteiger charge is -1.97. The number of allylic oxidation sites excluding steroid dienone is 2. The Kier molecular flexibility index (Phi) is 2.75. The predicted octanol–water partition coefficient (Wildman–Crippen LogP) is 2.77. The van der Waals surface area contributed by atoms with E-state index in [0.29, 0.717) is 11.3 Å². The molecule has 0 bridgehead atoms. The fourth-order valence-electron chi connectivity index (χ4n) is 0.919. The number of hydrogen-bond donors (Lipinski definition) is 1. The van der Waals surface area contributed by atoms with Crippen molar-refractivity contribution in [1.29, 1.82) is 5.41 Å². The lowest BCUT2D eigenvalue weighted by molar-refractivity contribution is 0.627. The summed E-state index contributed by atoms with van der Waals surface area (Å²) in [6.45, 7) is 1.83. The molecule has 0 atom stereocenters. The van der Waals surface area contributed by atoms with Crippen LogP contribution in [0, 0.1) is 11.2 Å². The highest BCUT2D eigenvalue weighted by molar-refractivity contribution is 6.06. The molecule has 1 aromatic rings. The first-order chi connectivity index (χ1) is 5.74. The minimum atomic E-state index is -0.304. The van der Waals surface area contributed by atoms with Crippen molar-refractivity contribution in [3.05, 3.63) is 47.8 Å². The Hall–Kier alpha value is -1.44. The number of benzene rings is 1. The van der Waals surface area contributed by atoms with Gasteiger partial charge in [-0.05, 0) is 25.1 Å². The van der Waals surface area contributed by atoms with Gasteiger partial charge in [-0.1, -0.05) is 18.2 Å². The maximum atomic E-state index is 12.6. The van der Waals surface area contributed by atoms with Gasteiger partial charge in [-0.2, -0.15) is 0 Å². The van der Waals surface area contributed by atoms with Crippen LogP contribution in [0.3, 0.4) is 0 Å². The topological polar surface area (TPSA) is 23.9 Å². The summed E-state index contributed by atoms with van der Waals surface area (Å²) in [5, 5.41) is 7.47. The number of hydrogen-bond acceptors (Lipinski definition) is 1. The van der Waals surface area contributed by atoms with Crippen molar-refractivity contribution < 1.29 is 4.39 Å². The van der Waals surface area contributed by atoms with E-state index in [1.165, 1.54) is 12.1 Å². The highest BCUT2D eigenvalue weighted by atomic mass is 19.1. The van der Waals surface area contributed by atoms with Crippen LogP contribution in [0.4, 0.5) is 4.39 Å². The first-order valence-corrected chi connectivity index (χ1v) is 3.71. The van der Waals surface area contributed by atoms with Crippen LogP contribution in [0.2, 0.25) is 0 Å². The van der Waals surface area contributed by atoms with Gasteiger partial charge in [0.15, 0.2) is 0 Å². The zero-order valence-electron chi connectivity index (χ0n) is 6.84. The lowest BCUT2D eigenvalue weighted by atomic mass is 10.1. The fraction of sp³-hybridized carbons (Fsp3) is 0.100. The highest BCUT2D eigenvalue weighted by Crippen LogP contribution is 2.04. The van der Waals surface area contributed by atoms with Crippen molar-refractivity contribution in [2.75, 3.05) is 0 Å². The van der Waals surface area contributed by atoms with Crippen LogP contribution in [-0.4, -0.2) is 5.71 Å². The Morgan fingerprint density at radius 1 is 1.50 bits per heavy atom. The Bertz CT molecular complexity index is 315. The summed E-state index contributed by atoms with van der Waals surface area (Å²) in [6, 6.07) is 6.03. The average molecular weight is 163 g/mol. The average Bonchev–Trinajstić information content (AvgIpc) is 2.05. The van der Waals surface area contributed by atoms with Crippen LogP contribution in [-0.2, 0) is 0 Å². The summed E-state index contributed by atoms with van der Waals surface area (Å²) in [7, 11) is 0. The molecule has 0 amide bonds. The van der Waals surface area contributed by atoms with E-state index in [1.807, 2.05) is 6.92 Å². The Balaban J connectivity index is 2.96. The third-order valence-electron chi connectivity index (χ3n) is 1.47. The second kappa shape index (κ2) is 3.81. The number of rotatable bonds is 2. The maximum Gasteiger partial charge on any atom is 0.123 e. The van der Waals surface area contributed by atoms with Crippen LogP contribution in [0.25, 0.3) is 0 Å². The maximum absolute atomic E-state index is 12.6. The standard InChI is InChI=1S/C10H10FN/c1-2-4-10(12)8-5-3-6-9(11)7-8/h2-7,12H,1H3. The molecule has 1 rings (SSSR count). The van der Waals surface area contributed by atoms with E-state index in [2.05, 4.69) is 0 Å². The van der Waals surface area contributed by atoms with Gasteiger partial charge in [-0.25, -0.2) is 4.39 Å². The van der Waals surface area contributed by atoms with Crippen molar-refractivity contribution in [3.8, 4) is 0 Å². The molecule has 0 aliphatic heterocycles. The summed E-state index contributed by atoms with van der Waals surface area (Å²) in [5.74, 6) is -0.304. The Morgan fingerprint density at radius 3 is 2.83 bits per heavy atom. The van der Waals surface area contributed by atoms with E-state index in [9.17, 15) is 4.39 Å². The van der Waals surface area contributed by atoms with Crippen LogP contribution in [0.5, 0.6) is 0 Å². The van der Waals surface area contributed by atoms with E-state index >= 15 is 0 Å². The molecule has 1 nitrogen and oxygen atoms in total. The molecule has 62 valence electrons. The molecule has 0 aliphatic carbocycles. The van der Waals surface area contributed by atoms with E-state index in [0.717, 1.165) is 0 Å². The monoisotopic (exact) mass is 163 g/mol. The van der Waals surface area contributed by atoms with Crippen molar-refractivity contribution >= 4 is 5.71 Å². The highest BCUT2D eigenvalue weighted by Gasteiger charge is 1.97. The molecular weight excluding hydrogens is 153 g/mol. The van der Waals surface area contributed by atoms with Gasteiger partial charge in [0.05, 0.1) is 5.71 Å². The van der Waals surface area contributed by atoms with E-state index in [4.69, 9.17) is 5.41 Å². The van der Waals surface area contributed by atoms with E-state index < -0.39 is 0 Å². The number of halogens is 1. The molecule has 1 aromatic carbocycles. The van der Waals surface area contributed by atoms with Crippen LogP contribution < -0.4 is 0 Å². The molecule has 0 saturated carbocycles. The summed E-state index contributed by atoms with van der Waals surface area (Å²) < 4.78 is 12.6. The van der Waals surface area contributed by atoms with Gasteiger partial charge in [0.25, 0.3) is 0 Å². The van der Waals surface area contributed by atoms with E-state index in [-0.39, 0.29) is 5.82 Å². The molecule has 12 heavy (non-hydrogen) atoms. The van der Waals surface area contributed by atoms with Crippen LogP contribution in [0.1, 0.15) is 12.5 Å². The first kappa shape index (κ1) is 8.65. The molecule has 0 aliphatic rings. The molecule has 0 unspecified atom stereocenters. The minimum Gasteiger partial charge on any atom is -0.300 e. The van der Waals surface area contributed by atoms with Crippen LogP contribution >= 0.6 is 0 Å². The summed E-state index contributed by atoms with van der Waals surface area (Å²) in [5.41, 5.74) is 0.935. The molecule has 0 radical (unpaired) electrons. The van der Waals surface area contributed by atoms with E-state index in [1.54, 1.807) is 24.3 Å². The normalized spacial score (nSPS) is 10.5. The van der Waals surface area contributed by atoms with Crippen LogP contribution in [0.15, 0.2) is 36.4 Å². The van der Waals surface area contributed by atoms with Crippen molar-refractivity contribution in [1.82, 2.24) is 0 Å². The second-order valence-corrected chi connectivity index (χ2v) is 2.42. The zero-order valence-corrected chi connectivity index (χ0v) is 6.84. The SMILES string of the molecule is CC=CC(=N)c1cccc(F)c1. The third kappa shape index (κ3) is 2.02. The fourth-order valence-corrected chi connectivity index (χ4v) is 0.919. The summed E-state index contributed by atoms with van der Waals surface area (Å²) >= 11 is 0. The molecular formula is C10H10FN. The van der Waals surface area contributed by atoms with Gasteiger partial charge in [0, 0.05) is 5.56 Å². The minimum absolute atomic E-state index is 0.304. The van der Waals surface area contributed by atoms with Gasteiger partial charge >= 0.3 is 0 Å². The van der Waals surface area contributed by atoms with Crippen molar-refractivity contribution in [2.45, 2.75) is 6.92 Å². The Morgan fingerprint density at radius 2 is 2.25 bits per heavy atom. The van der Waals surface area contributed by atoms with Crippen molar-refractivity contribution in [3.63, 3.8) is 0 Å². The second-order valence-electron chi connectivity index (χ2n) is 2.42. The molecule has 1 N–H and O–H groups in total. The molecule has 0 aromatic heterocycles. The Labute approximate surface area is 71.1 Å². The lowest BCUT2D eigenvalue weighted by Crippen LogP contribution is -1.93. The largest absolute Gasteiger partial charge is 0.300 e. The van der Waals surface area contributed by atoms with Gasteiger partial charge in [0.1, 0.15) is 5.82 Å². The number of nitrogens with one attached hydrogen (secondary N) is 1. The third-order valence-corrected chi connectivity index (χ3v) is 1.47. The predicted molar refractivity (Wildman–Crippen MR) is 48.0 cm³/mol. The first-order valence-electron chi connectivity index (χ1n) is 3.71.